The Morgan fingerprint density at radius 3 is 2.96 bits per heavy atom. The Morgan fingerprint density at radius 2 is 2.25 bits per heavy atom. The molecule has 0 bridgehead atoms. The molecule has 0 radical (unpaired) electrons. The fourth-order valence-electron chi connectivity index (χ4n) is 2.73. The van der Waals surface area contributed by atoms with E-state index in [0.717, 1.165) is 19.3 Å². The highest BCUT2D eigenvalue weighted by atomic mass is 32.1. The van der Waals surface area contributed by atoms with Crippen LogP contribution in [0.15, 0.2) is 21.9 Å². The number of carbonyl (C=O) groups is 2. The molecule has 3 rings (SSSR count). The Bertz CT molecular complexity index is 739. The summed E-state index contributed by atoms with van der Waals surface area (Å²) in [6.07, 6.45) is 2.45. The molecule has 1 fully saturated rings. The van der Waals surface area contributed by atoms with Gasteiger partial charge in [-0.3, -0.25) is 9.59 Å². The minimum absolute atomic E-state index is 0.0188. The van der Waals surface area contributed by atoms with E-state index in [4.69, 9.17) is 10.2 Å². The molecule has 0 spiro atoms. The molecule has 24 heavy (non-hydrogen) atoms. The van der Waals surface area contributed by atoms with Crippen LogP contribution in [0.3, 0.4) is 0 Å². The van der Waals surface area contributed by atoms with Crippen LogP contribution in [0.1, 0.15) is 31.9 Å². The van der Waals surface area contributed by atoms with Gasteiger partial charge < -0.3 is 20.8 Å². The van der Waals surface area contributed by atoms with Crippen LogP contribution < -0.4 is 16.4 Å². The first-order valence-electron chi connectivity index (χ1n) is 7.87. The highest BCUT2D eigenvalue weighted by Gasteiger charge is 2.28. The molecule has 4 N–H and O–H groups in total. The fourth-order valence-corrected chi connectivity index (χ4v) is 3.43. The maximum Gasteiger partial charge on any atom is 0.229 e. The van der Waals surface area contributed by atoms with E-state index in [2.05, 4.69) is 15.6 Å². The molecular formula is C16H20N4O3S. The summed E-state index contributed by atoms with van der Waals surface area (Å²) in [7, 11) is 0. The van der Waals surface area contributed by atoms with Gasteiger partial charge in [0, 0.05) is 24.3 Å². The van der Waals surface area contributed by atoms with Crippen molar-refractivity contribution in [2.45, 2.75) is 38.8 Å². The van der Waals surface area contributed by atoms with Gasteiger partial charge >= 0.3 is 0 Å². The SMILES string of the molecule is CC(=O)NCc1ccc(-c2csc(NC(=O)C3CCC(N)C3)n2)o1. The zero-order valence-corrected chi connectivity index (χ0v) is 14.2. The minimum atomic E-state index is -0.113. The zero-order valence-electron chi connectivity index (χ0n) is 13.4. The van der Waals surface area contributed by atoms with E-state index in [1.165, 1.54) is 18.3 Å². The van der Waals surface area contributed by atoms with Gasteiger partial charge in [0.05, 0.1) is 6.54 Å². The summed E-state index contributed by atoms with van der Waals surface area (Å²) in [5.74, 6) is 1.10. The Kier molecular flexibility index (Phi) is 4.96. The minimum Gasteiger partial charge on any atom is -0.458 e. The zero-order chi connectivity index (χ0) is 17.1. The molecule has 0 saturated heterocycles. The highest BCUT2D eigenvalue weighted by molar-refractivity contribution is 7.14. The van der Waals surface area contributed by atoms with Crippen LogP contribution >= 0.6 is 11.3 Å². The van der Waals surface area contributed by atoms with Crippen LogP contribution in [-0.4, -0.2) is 22.8 Å². The second kappa shape index (κ2) is 7.14. The van der Waals surface area contributed by atoms with Crippen molar-refractivity contribution in [2.75, 3.05) is 5.32 Å². The number of nitrogens with two attached hydrogens (primary N) is 1. The standard InChI is InChI=1S/C16H20N4O3S/c1-9(21)18-7-12-4-5-14(23-12)13-8-24-16(19-13)20-15(22)10-2-3-11(17)6-10/h4-5,8,10-11H,2-3,6-7,17H2,1H3,(H,18,21)(H,19,20,22). The van der Waals surface area contributed by atoms with Crippen LogP contribution in [0.5, 0.6) is 0 Å². The molecule has 128 valence electrons. The van der Waals surface area contributed by atoms with E-state index in [9.17, 15) is 9.59 Å². The summed E-state index contributed by atoms with van der Waals surface area (Å²) in [5, 5.41) is 7.91. The topological polar surface area (TPSA) is 110 Å². The van der Waals surface area contributed by atoms with E-state index in [-0.39, 0.29) is 23.8 Å². The largest absolute Gasteiger partial charge is 0.458 e. The molecular weight excluding hydrogens is 328 g/mol. The molecule has 0 aliphatic heterocycles. The number of hydrogen-bond donors (Lipinski definition) is 3. The number of aromatic nitrogens is 1. The van der Waals surface area contributed by atoms with Crippen molar-refractivity contribution in [1.82, 2.24) is 10.3 Å². The van der Waals surface area contributed by atoms with Crippen molar-refractivity contribution in [3.05, 3.63) is 23.3 Å². The summed E-state index contributed by atoms with van der Waals surface area (Å²) in [6.45, 7) is 1.79. The maximum absolute atomic E-state index is 12.2. The van der Waals surface area contributed by atoms with E-state index in [1.54, 1.807) is 12.1 Å². The predicted octanol–water partition coefficient (Wildman–Crippen LogP) is 2.11. The number of rotatable bonds is 5. The van der Waals surface area contributed by atoms with Gasteiger partial charge in [-0.2, -0.15) is 0 Å². The lowest BCUT2D eigenvalue weighted by Gasteiger charge is -2.08. The van der Waals surface area contributed by atoms with Crippen molar-refractivity contribution in [3.63, 3.8) is 0 Å². The average Bonchev–Trinajstić information content (AvgIpc) is 3.24. The Balaban J connectivity index is 1.61. The van der Waals surface area contributed by atoms with Crippen LogP contribution in [0.4, 0.5) is 5.13 Å². The number of anilines is 1. The summed E-state index contributed by atoms with van der Waals surface area (Å²) < 4.78 is 5.65. The van der Waals surface area contributed by atoms with Gasteiger partial charge in [-0.25, -0.2) is 4.98 Å². The molecule has 7 nitrogen and oxygen atoms in total. The third kappa shape index (κ3) is 4.01. The van der Waals surface area contributed by atoms with Gasteiger partial charge in [0.25, 0.3) is 0 Å². The molecule has 2 aromatic heterocycles. The molecule has 8 heteroatoms. The van der Waals surface area contributed by atoms with Gasteiger partial charge in [-0.1, -0.05) is 0 Å². The fraction of sp³-hybridized carbons (Fsp3) is 0.438. The van der Waals surface area contributed by atoms with Crippen LogP contribution in [0.25, 0.3) is 11.5 Å². The monoisotopic (exact) mass is 348 g/mol. The van der Waals surface area contributed by atoms with Gasteiger partial charge in [0.2, 0.25) is 11.8 Å². The number of carbonyl (C=O) groups excluding carboxylic acids is 2. The van der Waals surface area contributed by atoms with Gasteiger partial charge in [0.1, 0.15) is 11.5 Å². The van der Waals surface area contributed by atoms with Crippen molar-refractivity contribution in [3.8, 4) is 11.5 Å². The van der Waals surface area contributed by atoms with Gasteiger partial charge in [-0.05, 0) is 31.4 Å². The molecule has 2 amide bonds. The first kappa shape index (κ1) is 16.7. The van der Waals surface area contributed by atoms with Gasteiger partial charge in [-0.15, -0.1) is 11.3 Å². The van der Waals surface area contributed by atoms with Crippen molar-refractivity contribution >= 4 is 28.3 Å². The van der Waals surface area contributed by atoms with Crippen LogP contribution in [-0.2, 0) is 16.1 Å². The highest BCUT2D eigenvalue weighted by Crippen LogP contribution is 2.29. The lowest BCUT2D eigenvalue weighted by atomic mass is 10.1. The quantitative estimate of drug-likeness (QED) is 0.766. The number of hydrogen-bond acceptors (Lipinski definition) is 6. The lowest BCUT2D eigenvalue weighted by molar-refractivity contribution is -0.120. The molecule has 2 aromatic rings. The Morgan fingerprint density at radius 1 is 1.42 bits per heavy atom. The average molecular weight is 348 g/mol. The first-order chi connectivity index (χ1) is 11.5. The van der Waals surface area contributed by atoms with E-state index >= 15 is 0 Å². The van der Waals surface area contributed by atoms with Crippen molar-refractivity contribution in [1.29, 1.82) is 0 Å². The number of thiazole rings is 1. The summed E-state index contributed by atoms with van der Waals surface area (Å²) >= 11 is 1.36. The third-order valence-electron chi connectivity index (χ3n) is 4.00. The molecule has 2 heterocycles. The Labute approximate surface area is 143 Å². The third-order valence-corrected chi connectivity index (χ3v) is 4.76. The van der Waals surface area contributed by atoms with Crippen molar-refractivity contribution < 1.29 is 14.0 Å². The van der Waals surface area contributed by atoms with Gasteiger partial charge in [0.15, 0.2) is 10.9 Å². The molecule has 1 aliphatic rings. The number of amides is 2. The molecule has 2 unspecified atom stereocenters. The van der Waals surface area contributed by atoms with E-state index in [1.807, 2.05) is 5.38 Å². The summed E-state index contributed by atoms with van der Waals surface area (Å²) in [4.78, 5) is 27.5. The smallest absolute Gasteiger partial charge is 0.229 e. The number of furan rings is 1. The van der Waals surface area contributed by atoms with Crippen molar-refractivity contribution in [2.24, 2.45) is 11.7 Å². The summed E-state index contributed by atoms with van der Waals surface area (Å²) in [6, 6.07) is 3.72. The molecule has 0 aromatic carbocycles. The first-order valence-corrected chi connectivity index (χ1v) is 8.74. The predicted molar refractivity (Wildman–Crippen MR) is 91.3 cm³/mol. The lowest BCUT2D eigenvalue weighted by Crippen LogP contribution is -2.23. The summed E-state index contributed by atoms with van der Waals surface area (Å²) in [5.41, 5.74) is 6.51. The Hall–Kier alpha value is -2.19. The van der Waals surface area contributed by atoms with E-state index in [0.29, 0.717) is 28.9 Å². The number of nitrogens with zero attached hydrogens (tertiary/aromatic N) is 1. The van der Waals surface area contributed by atoms with Crippen LogP contribution in [0, 0.1) is 5.92 Å². The second-order valence-electron chi connectivity index (χ2n) is 5.97. The van der Waals surface area contributed by atoms with E-state index < -0.39 is 0 Å². The molecule has 1 aliphatic carbocycles. The van der Waals surface area contributed by atoms with Crippen LogP contribution in [0.2, 0.25) is 0 Å². The number of nitrogens with one attached hydrogen (secondary N) is 2. The molecule has 2 atom stereocenters. The second-order valence-corrected chi connectivity index (χ2v) is 6.83. The maximum atomic E-state index is 12.2. The molecule has 1 saturated carbocycles. The normalized spacial score (nSPS) is 20.1.